The molecule has 8 nitrogen and oxygen atoms in total. The molecule has 0 saturated carbocycles. The van der Waals surface area contributed by atoms with E-state index in [1.54, 1.807) is 29.2 Å². The fourth-order valence-corrected chi connectivity index (χ4v) is 4.34. The Morgan fingerprint density at radius 1 is 1.21 bits per heavy atom. The average Bonchev–Trinajstić information content (AvgIpc) is 3.10. The molecule has 2 aromatic rings. The lowest BCUT2D eigenvalue weighted by atomic mass is 10.1. The SMILES string of the molecule is COCC(C)n1c(C)cc(/C=C(/C#N)C(=O)N2CCN(C(=O)Cc3ccccn3)CC2)c1C. The number of hydrogen-bond acceptors (Lipinski definition) is 5. The normalized spacial score (nSPS) is 15.3. The van der Waals surface area contributed by atoms with E-state index in [1.165, 1.54) is 0 Å². The van der Waals surface area contributed by atoms with Gasteiger partial charge in [0, 0.05) is 56.6 Å². The largest absolute Gasteiger partial charge is 0.383 e. The van der Waals surface area contributed by atoms with Crippen LogP contribution >= 0.6 is 0 Å². The van der Waals surface area contributed by atoms with Crippen molar-refractivity contribution < 1.29 is 14.3 Å². The Morgan fingerprint density at radius 2 is 1.91 bits per heavy atom. The van der Waals surface area contributed by atoms with E-state index in [9.17, 15) is 14.9 Å². The van der Waals surface area contributed by atoms with Gasteiger partial charge in [-0.1, -0.05) is 6.07 Å². The number of aryl methyl sites for hydroxylation is 1. The number of methoxy groups -OCH3 is 1. The molecule has 1 aliphatic heterocycles. The first-order valence-electron chi connectivity index (χ1n) is 11.1. The molecule has 3 heterocycles. The second-order valence-corrected chi connectivity index (χ2v) is 8.34. The summed E-state index contributed by atoms with van der Waals surface area (Å²) in [7, 11) is 1.67. The molecule has 33 heavy (non-hydrogen) atoms. The van der Waals surface area contributed by atoms with Gasteiger partial charge in [-0.05, 0) is 50.6 Å². The van der Waals surface area contributed by atoms with Crippen molar-refractivity contribution in [1.29, 1.82) is 5.26 Å². The highest BCUT2D eigenvalue weighted by atomic mass is 16.5. The van der Waals surface area contributed by atoms with Crippen LogP contribution in [0.3, 0.4) is 0 Å². The molecule has 1 saturated heterocycles. The van der Waals surface area contributed by atoms with Crippen LogP contribution in [-0.4, -0.2) is 71.1 Å². The van der Waals surface area contributed by atoms with Crippen LogP contribution in [0.1, 0.15) is 35.6 Å². The summed E-state index contributed by atoms with van der Waals surface area (Å²) in [5, 5.41) is 9.69. The first-order chi connectivity index (χ1) is 15.8. The van der Waals surface area contributed by atoms with E-state index < -0.39 is 0 Å². The van der Waals surface area contributed by atoms with Crippen molar-refractivity contribution >= 4 is 17.9 Å². The summed E-state index contributed by atoms with van der Waals surface area (Å²) in [5.74, 6) is -0.307. The number of hydrogen-bond donors (Lipinski definition) is 0. The number of nitrogens with zero attached hydrogens (tertiary/aromatic N) is 5. The van der Waals surface area contributed by atoms with Crippen molar-refractivity contribution in [2.45, 2.75) is 33.2 Å². The third kappa shape index (κ3) is 5.68. The average molecular weight is 450 g/mol. The summed E-state index contributed by atoms with van der Waals surface area (Å²) in [4.78, 5) is 33.2. The quantitative estimate of drug-likeness (QED) is 0.479. The highest BCUT2D eigenvalue weighted by molar-refractivity contribution is 6.02. The molecule has 0 aromatic carbocycles. The Kier molecular flexibility index (Phi) is 8.01. The molecule has 8 heteroatoms. The van der Waals surface area contributed by atoms with E-state index >= 15 is 0 Å². The molecule has 1 fully saturated rings. The molecule has 2 amide bonds. The highest BCUT2D eigenvalue weighted by Gasteiger charge is 2.26. The van der Waals surface area contributed by atoms with Crippen LogP contribution in [0.2, 0.25) is 0 Å². The molecule has 0 radical (unpaired) electrons. The standard InChI is InChI=1S/C25H31N5O3/c1-18-13-21(20(3)30(18)19(2)17-33-4)14-22(16-26)25(32)29-11-9-28(10-12-29)24(31)15-23-7-5-6-8-27-23/h5-8,13-14,19H,9-12,15,17H2,1-4H3/b22-14-. The van der Waals surface area contributed by atoms with Crippen LogP contribution in [0, 0.1) is 25.2 Å². The van der Waals surface area contributed by atoms with Gasteiger partial charge in [-0.15, -0.1) is 0 Å². The first kappa shape index (κ1) is 24.2. The topological polar surface area (TPSA) is 91.5 Å². The van der Waals surface area contributed by atoms with Crippen molar-refractivity contribution in [2.75, 3.05) is 39.9 Å². The van der Waals surface area contributed by atoms with Gasteiger partial charge in [-0.3, -0.25) is 14.6 Å². The lowest BCUT2D eigenvalue weighted by Gasteiger charge is -2.34. The van der Waals surface area contributed by atoms with Gasteiger partial charge < -0.3 is 19.1 Å². The van der Waals surface area contributed by atoms with E-state index in [2.05, 4.69) is 22.5 Å². The minimum absolute atomic E-state index is 0.00512. The third-order valence-electron chi connectivity index (χ3n) is 6.00. The molecule has 3 rings (SSSR count). The second-order valence-electron chi connectivity index (χ2n) is 8.34. The lowest BCUT2D eigenvalue weighted by molar-refractivity contribution is -0.137. The molecule has 1 aliphatic rings. The maximum atomic E-state index is 13.0. The van der Waals surface area contributed by atoms with Crippen molar-refractivity contribution in [1.82, 2.24) is 19.4 Å². The Balaban J connectivity index is 1.66. The van der Waals surface area contributed by atoms with Crippen molar-refractivity contribution in [3.8, 4) is 6.07 Å². The molecule has 0 aliphatic carbocycles. The first-order valence-corrected chi connectivity index (χ1v) is 11.1. The van der Waals surface area contributed by atoms with Crippen molar-refractivity contribution in [3.05, 3.63) is 58.7 Å². The fraction of sp³-hybridized carbons (Fsp3) is 0.440. The van der Waals surface area contributed by atoms with Gasteiger partial charge in [-0.2, -0.15) is 5.26 Å². The van der Waals surface area contributed by atoms with Gasteiger partial charge in [0.05, 0.1) is 19.1 Å². The number of carbonyl (C=O) groups is 2. The van der Waals surface area contributed by atoms with Crippen molar-refractivity contribution in [2.24, 2.45) is 0 Å². The number of ether oxygens (including phenoxy) is 1. The predicted octanol–water partition coefficient (Wildman–Crippen LogP) is 2.53. The zero-order valence-corrected chi connectivity index (χ0v) is 19.7. The Bertz CT molecular complexity index is 1060. The van der Waals surface area contributed by atoms with E-state index in [0.29, 0.717) is 32.8 Å². The summed E-state index contributed by atoms with van der Waals surface area (Å²) in [6, 6.07) is 9.71. The van der Waals surface area contributed by atoms with Crippen LogP contribution in [-0.2, 0) is 20.7 Å². The zero-order valence-electron chi connectivity index (χ0n) is 19.7. The Morgan fingerprint density at radius 3 is 2.52 bits per heavy atom. The van der Waals surface area contributed by atoms with Gasteiger partial charge in [-0.25, -0.2) is 0 Å². The van der Waals surface area contributed by atoms with Gasteiger partial charge in [0.15, 0.2) is 0 Å². The monoisotopic (exact) mass is 449 g/mol. The fourth-order valence-electron chi connectivity index (χ4n) is 4.34. The predicted molar refractivity (Wildman–Crippen MR) is 125 cm³/mol. The number of rotatable bonds is 7. The number of pyridine rings is 1. The maximum absolute atomic E-state index is 13.0. The van der Waals surface area contributed by atoms with Gasteiger partial charge in [0.25, 0.3) is 5.91 Å². The summed E-state index contributed by atoms with van der Waals surface area (Å²) < 4.78 is 7.43. The number of nitriles is 1. The van der Waals surface area contributed by atoms with E-state index in [4.69, 9.17) is 4.74 Å². The molecule has 0 spiro atoms. The minimum Gasteiger partial charge on any atom is -0.383 e. The van der Waals surface area contributed by atoms with E-state index in [-0.39, 0.29) is 29.9 Å². The number of amides is 2. The number of carbonyl (C=O) groups excluding carboxylic acids is 2. The molecular weight excluding hydrogens is 418 g/mol. The van der Waals surface area contributed by atoms with Gasteiger partial charge >= 0.3 is 0 Å². The molecule has 1 unspecified atom stereocenters. The van der Waals surface area contributed by atoms with Gasteiger partial charge in [0.1, 0.15) is 11.6 Å². The number of aromatic nitrogens is 2. The van der Waals surface area contributed by atoms with Gasteiger partial charge in [0.2, 0.25) is 5.91 Å². The maximum Gasteiger partial charge on any atom is 0.264 e. The summed E-state index contributed by atoms with van der Waals surface area (Å²) in [6.45, 7) is 8.32. The Labute approximate surface area is 195 Å². The van der Waals surface area contributed by atoms with E-state index in [0.717, 1.165) is 22.6 Å². The summed E-state index contributed by atoms with van der Waals surface area (Å²) in [6.07, 6.45) is 3.58. The van der Waals surface area contributed by atoms with Crippen LogP contribution in [0.4, 0.5) is 0 Å². The van der Waals surface area contributed by atoms with Crippen LogP contribution < -0.4 is 0 Å². The molecule has 0 N–H and O–H groups in total. The third-order valence-corrected chi connectivity index (χ3v) is 6.00. The zero-order chi connectivity index (χ0) is 24.0. The second kappa shape index (κ2) is 10.9. The number of piperazine rings is 1. The summed E-state index contributed by atoms with van der Waals surface area (Å²) >= 11 is 0. The molecule has 0 bridgehead atoms. The van der Waals surface area contributed by atoms with Crippen LogP contribution in [0.5, 0.6) is 0 Å². The lowest BCUT2D eigenvalue weighted by Crippen LogP contribution is -2.51. The molecule has 174 valence electrons. The molecule has 2 aromatic heterocycles. The minimum atomic E-state index is -0.302. The summed E-state index contributed by atoms with van der Waals surface area (Å²) in [5.41, 5.74) is 3.72. The van der Waals surface area contributed by atoms with E-state index in [1.807, 2.05) is 38.1 Å². The van der Waals surface area contributed by atoms with Crippen LogP contribution in [0.15, 0.2) is 36.0 Å². The molecular formula is C25H31N5O3. The smallest absolute Gasteiger partial charge is 0.264 e. The Hall–Kier alpha value is -3.44. The highest BCUT2D eigenvalue weighted by Crippen LogP contribution is 2.23. The molecule has 1 atom stereocenters. The van der Waals surface area contributed by atoms with Crippen molar-refractivity contribution in [3.63, 3.8) is 0 Å². The van der Waals surface area contributed by atoms with Crippen LogP contribution in [0.25, 0.3) is 6.08 Å².